The molecule has 0 saturated carbocycles. The average molecular weight is 309 g/mol. The lowest BCUT2D eigenvalue weighted by Crippen LogP contribution is -2.16. The van der Waals surface area contributed by atoms with Crippen LogP contribution in [-0.4, -0.2) is 18.2 Å². The van der Waals surface area contributed by atoms with Crippen LogP contribution in [0, 0.1) is 5.82 Å². The van der Waals surface area contributed by atoms with Crippen LogP contribution in [0.3, 0.4) is 0 Å². The molecular weight excluding hydrogens is 295 g/mol. The molecule has 21 heavy (non-hydrogen) atoms. The van der Waals surface area contributed by atoms with Crippen LogP contribution >= 0.6 is 11.6 Å². The van der Waals surface area contributed by atoms with E-state index in [1.54, 1.807) is 36.4 Å². The molecule has 0 aliphatic rings. The monoisotopic (exact) mass is 308 g/mol. The van der Waals surface area contributed by atoms with E-state index in [2.05, 4.69) is 0 Å². The Bertz CT molecular complexity index is 658. The van der Waals surface area contributed by atoms with Crippen LogP contribution in [0.15, 0.2) is 42.5 Å². The number of hydrogen-bond donors (Lipinski definition) is 1. The van der Waals surface area contributed by atoms with Crippen molar-refractivity contribution in [3.8, 4) is 5.75 Å². The Morgan fingerprint density at radius 3 is 2.67 bits per heavy atom. The molecule has 0 fully saturated rings. The first-order chi connectivity index (χ1) is 10.0. The zero-order chi connectivity index (χ0) is 15.4. The first-order valence-corrected chi connectivity index (χ1v) is 6.70. The zero-order valence-electron chi connectivity index (χ0n) is 11.3. The summed E-state index contributed by atoms with van der Waals surface area (Å²) in [6.07, 6.45) is 0.0265. The van der Waals surface area contributed by atoms with Gasteiger partial charge in [-0.25, -0.2) is 4.39 Å². The van der Waals surface area contributed by atoms with Gasteiger partial charge in [0.25, 0.3) is 0 Å². The van der Waals surface area contributed by atoms with Crippen molar-refractivity contribution in [2.75, 3.05) is 7.11 Å². The number of benzene rings is 2. The van der Waals surface area contributed by atoms with E-state index in [-0.39, 0.29) is 6.42 Å². The van der Waals surface area contributed by atoms with Crippen molar-refractivity contribution in [3.05, 3.63) is 64.4 Å². The molecule has 0 bridgehead atoms. The molecule has 2 rings (SSSR count). The summed E-state index contributed by atoms with van der Waals surface area (Å²) in [6.45, 7) is 0. The molecule has 0 saturated heterocycles. The molecule has 0 amide bonds. The largest absolute Gasteiger partial charge is 0.496 e. The summed E-state index contributed by atoms with van der Waals surface area (Å²) in [6, 6.07) is 10.9. The highest BCUT2D eigenvalue weighted by Gasteiger charge is 2.25. The molecule has 2 aromatic carbocycles. The first-order valence-electron chi connectivity index (χ1n) is 6.32. The number of aliphatic carboxylic acids is 1. The third-order valence-electron chi connectivity index (χ3n) is 3.25. The van der Waals surface area contributed by atoms with Gasteiger partial charge in [0.1, 0.15) is 11.6 Å². The normalized spacial score (nSPS) is 12.0. The highest BCUT2D eigenvalue weighted by molar-refractivity contribution is 6.30. The van der Waals surface area contributed by atoms with E-state index in [0.29, 0.717) is 21.9 Å². The maximum Gasteiger partial charge on any atom is 0.311 e. The number of methoxy groups -OCH3 is 1. The number of halogens is 2. The standard InChI is InChI=1S/C16H14ClFO3/c1-21-15-7-6-11(17)9-12(15)13(16(19)20)8-10-4-2-3-5-14(10)18/h2-7,9,13H,8H2,1H3,(H,19,20). The minimum Gasteiger partial charge on any atom is -0.496 e. The molecule has 3 nitrogen and oxygen atoms in total. The molecule has 1 unspecified atom stereocenters. The van der Waals surface area contributed by atoms with Gasteiger partial charge in [-0.3, -0.25) is 4.79 Å². The summed E-state index contributed by atoms with van der Waals surface area (Å²) in [5.41, 5.74) is 0.771. The first kappa shape index (κ1) is 15.3. The highest BCUT2D eigenvalue weighted by atomic mass is 35.5. The molecule has 5 heteroatoms. The van der Waals surface area contributed by atoms with Crippen LogP contribution in [0.4, 0.5) is 4.39 Å². The van der Waals surface area contributed by atoms with Crippen molar-refractivity contribution >= 4 is 17.6 Å². The van der Waals surface area contributed by atoms with Crippen LogP contribution < -0.4 is 4.74 Å². The van der Waals surface area contributed by atoms with Crippen molar-refractivity contribution in [2.45, 2.75) is 12.3 Å². The van der Waals surface area contributed by atoms with Gasteiger partial charge in [-0.1, -0.05) is 29.8 Å². The average Bonchev–Trinajstić information content (AvgIpc) is 2.46. The molecule has 0 aliphatic heterocycles. The van der Waals surface area contributed by atoms with Crippen molar-refractivity contribution in [3.63, 3.8) is 0 Å². The predicted octanol–water partition coefficient (Wildman–Crippen LogP) is 3.90. The van der Waals surface area contributed by atoms with Gasteiger partial charge in [0.15, 0.2) is 0 Å². The third kappa shape index (κ3) is 3.52. The van der Waals surface area contributed by atoms with Gasteiger partial charge >= 0.3 is 5.97 Å². The number of carbonyl (C=O) groups is 1. The summed E-state index contributed by atoms with van der Waals surface area (Å²) in [5.74, 6) is -2.00. The van der Waals surface area contributed by atoms with Crippen molar-refractivity contribution < 1.29 is 19.0 Å². The molecule has 0 heterocycles. The van der Waals surface area contributed by atoms with E-state index in [1.807, 2.05) is 0 Å². The molecule has 0 aromatic heterocycles. The lowest BCUT2D eigenvalue weighted by atomic mass is 9.91. The van der Waals surface area contributed by atoms with Crippen molar-refractivity contribution in [1.29, 1.82) is 0 Å². The second-order valence-corrected chi connectivity index (χ2v) is 5.01. The van der Waals surface area contributed by atoms with E-state index in [4.69, 9.17) is 16.3 Å². The number of rotatable bonds is 5. The number of carboxylic acid groups (broad SMARTS) is 1. The van der Waals surface area contributed by atoms with Crippen LogP contribution in [-0.2, 0) is 11.2 Å². The summed E-state index contributed by atoms with van der Waals surface area (Å²) >= 11 is 5.93. The van der Waals surface area contributed by atoms with E-state index < -0.39 is 17.7 Å². The van der Waals surface area contributed by atoms with E-state index in [0.717, 1.165) is 0 Å². The fraction of sp³-hybridized carbons (Fsp3) is 0.188. The van der Waals surface area contributed by atoms with Gasteiger partial charge in [0.05, 0.1) is 13.0 Å². The Balaban J connectivity index is 2.43. The Morgan fingerprint density at radius 2 is 2.05 bits per heavy atom. The van der Waals surface area contributed by atoms with E-state index >= 15 is 0 Å². The molecular formula is C16H14ClFO3. The summed E-state index contributed by atoms with van der Waals surface area (Å²) in [5, 5.41) is 9.88. The Labute approximate surface area is 126 Å². The Hall–Kier alpha value is -2.07. The van der Waals surface area contributed by atoms with Gasteiger partial charge in [0.2, 0.25) is 0 Å². The summed E-state index contributed by atoms with van der Waals surface area (Å²) in [4.78, 5) is 11.6. The van der Waals surface area contributed by atoms with Gasteiger partial charge in [-0.05, 0) is 36.2 Å². The summed E-state index contributed by atoms with van der Waals surface area (Å²) in [7, 11) is 1.45. The highest BCUT2D eigenvalue weighted by Crippen LogP contribution is 2.32. The minimum absolute atomic E-state index is 0.0265. The molecule has 110 valence electrons. The predicted molar refractivity (Wildman–Crippen MR) is 78.5 cm³/mol. The van der Waals surface area contributed by atoms with Gasteiger partial charge in [0, 0.05) is 10.6 Å². The fourth-order valence-electron chi connectivity index (χ4n) is 2.19. The van der Waals surface area contributed by atoms with Crippen LogP contribution in [0.25, 0.3) is 0 Å². The lowest BCUT2D eigenvalue weighted by Gasteiger charge is -2.17. The van der Waals surface area contributed by atoms with E-state index in [9.17, 15) is 14.3 Å². The van der Waals surface area contributed by atoms with Crippen LogP contribution in [0.5, 0.6) is 5.75 Å². The maximum atomic E-state index is 13.7. The molecule has 0 radical (unpaired) electrons. The number of carboxylic acids is 1. The fourth-order valence-corrected chi connectivity index (χ4v) is 2.37. The molecule has 0 aliphatic carbocycles. The topological polar surface area (TPSA) is 46.5 Å². The van der Waals surface area contributed by atoms with Gasteiger partial charge in [-0.15, -0.1) is 0 Å². The quantitative estimate of drug-likeness (QED) is 0.911. The third-order valence-corrected chi connectivity index (χ3v) is 3.48. The summed E-state index contributed by atoms with van der Waals surface area (Å²) < 4.78 is 18.9. The van der Waals surface area contributed by atoms with E-state index in [1.165, 1.54) is 13.2 Å². The smallest absolute Gasteiger partial charge is 0.311 e. The molecule has 1 N–H and O–H groups in total. The van der Waals surface area contributed by atoms with Gasteiger partial charge < -0.3 is 9.84 Å². The molecule has 0 spiro atoms. The second-order valence-electron chi connectivity index (χ2n) is 4.57. The Morgan fingerprint density at radius 1 is 1.33 bits per heavy atom. The van der Waals surface area contributed by atoms with Crippen molar-refractivity contribution in [2.24, 2.45) is 0 Å². The zero-order valence-corrected chi connectivity index (χ0v) is 12.1. The number of hydrogen-bond acceptors (Lipinski definition) is 2. The Kier molecular flexibility index (Phi) is 4.81. The second kappa shape index (κ2) is 6.59. The minimum atomic E-state index is -1.06. The molecule has 2 aromatic rings. The number of ether oxygens (including phenoxy) is 1. The van der Waals surface area contributed by atoms with Crippen LogP contribution in [0.2, 0.25) is 5.02 Å². The van der Waals surface area contributed by atoms with Gasteiger partial charge in [-0.2, -0.15) is 0 Å². The molecule has 1 atom stereocenters. The van der Waals surface area contributed by atoms with Crippen molar-refractivity contribution in [1.82, 2.24) is 0 Å². The SMILES string of the molecule is COc1ccc(Cl)cc1C(Cc1ccccc1F)C(=O)O. The van der Waals surface area contributed by atoms with Crippen LogP contribution in [0.1, 0.15) is 17.0 Å². The lowest BCUT2D eigenvalue weighted by molar-refractivity contribution is -0.138. The maximum absolute atomic E-state index is 13.7.